The average molecular weight is 207 g/mol. The quantitative estimate of drug-likeness (QED) is 0.789. The number of benzene rings is 1. The standard InChI is InChI=1S/C10H10FN3O/c1-12-5-14-6-13-9-7(10(14)15)3-2-4-8(9)11/h2-4,6,12H,5H2,1H3. The predicted molar refractivity (Wildman–Crippen MR) is 55.0 cm³/mol. The molecule has 0 aliphatic carbocycles. The molecule has 0 amide bonds. The number of hydrogen-bond acceptors (Lipinski definition) is 3. The van der Waals surface area contributed by atoms with E-state index in [1.807, 2.05) is 0 Å². The molecule has 0 saturated heterocycles. The zero-order chi connectivity index (χ0) is 10.8. The summed E-state index contributed by atoms with van der Waals surface area (Å²) in [6, 6.07) is 4.36. The lowest BCUT2D eigenvalue weighted by Crippen LogP contribution is -2.26. The number of nitrogens with zero attached hydrogens (tertiary/aromatic N) is 2. The molecule has 15 heavy (non-hydrogen) atoms. The van der Waals surface area contributed by atoms with Crippen molar-refractivity contribution in [2.75, 3.05) is 7.05 Å². The van der Waals surface area contributed by atoms with E-state index in [0.29, 0.717) is 12.1 Å². The van der Waals surface area contributed by atoms with Crippen molar-refractivity contribution in [1.29, 1.82) is 0 Å². The molecule has 78 valence electrons. The van der Waals surface area contributed by atoms with Crippen LogP contribution in [0.5, 0.6) is 0 Å². The maximum absolute atomic E-state index is 13.3. The summed E-state index contributed by atoms with van der Waals surface area (Å²) < 4.78 is 14.6. The van der Waals surface area contributed by atoms with Crippen LogP contribution in [-0.2, 0) is 6.67 Å². The normalized spacial score (nSPS) is 10.8. The van der Waals surface area contributed by atoms with Crippen molar-refractivity contribution in [1.82, 2.24) is 14.9 Å². The Labute approximate surface area is 85.4 Å². The Morgan fingerprint density at radius 1 is 1.53 bits per heavy atom. The molecule has 1 heterocycles. The van der Waals surface area contributed by atoms with E-state index in [0.717, 1.165) is 0 Å². The van der Waals surface area contributed by atoms with Crippen molar-refractivity contribution in [3.8, 4) is 0 Å². The molecule has 1 aromatic heterocycles. The minimum Gasteiger partial charge on any atom is -0.303 e. The van der Waals surface area contributed by atoms with Crippen LogP contribution in [0.4, 0.5) is 4.39 Å². The van der Waals surface area contributed by atoms with E-state index < -0.39 is 5.82 Å². The van der Waals surface area contributed by atoms with Gasteiger partial charge in [0.2, 0.25) is 0 Å². The van der Waals surface area contributed by atoms with Crippen LogP contribution in [-0.4, -0.2) is 16.6 Å². The van der Waals surface area contributed by atoms with Crippen molar-refractivity contribution >= 4 is 10.9 Å². The van der Waals surface area contributed by atoms with Crippen LogP contribution in [0, 0.1) is 5.82 Å². The van der Waals surface area contributed by atoms with Crippen LogP contribution in [0.3, 0.4) is 0 Å². The van der Waals surface area contributed by atoms with Crippen LogP contribution >= 0.6 is 0 Å². The summed E-state index contributed by atoms with van der Waals surface area (Å²) in [4.78, 5) is 15.7. The van der Waals surface area contributed by atoms with Gasteiger partial charge in [0.05, 0.1) is 18.4 Å². The van der Waals surface area contributed by atoms with Gasteiger partial charge in [-0.05, 0) is 19.2 Å². The number of fused-ring (bicyclic) bond motifs is 1. The molecule has 1 aromatic carbocycles. The Kier molecular flexibility index (Phi) is 2.47. The van der Waals surface area contributed by atoms with Crippen molar-refractivity contribution in [3.63, 3.8) is 0 Å². The Bertz CT molecular complexity index is 550. The topological polar surface area (TPSA) is 46.9 Å². The maximum atomic E-state index is 13.3. The number of para-hydroxylation sites is 1. The van der Waals surface area contributed by atoms with Crippen LogP contribution in [0.2, 0.25) is 0 Å². The SMILES string of the molecule is CNCn1cnc2c(F)cccc2c1=O. The molecule has 1 N–H and O–H groups in total. The molecule has 0 bridgehead atoms. The largest absolute Gasteiger partial charge is 0.303 e. The van der Waals surface area contributed by atoms with Gasteiger partial charge < -0.3 is 5.32 Å². The lowest BCUT2D eigenvalue weighted by atomic mass is 10.2. The number of nitrogens with one attached hydrogen (secondary N) is 1. The Balaban J connectivity index is 2.75. The molecular formula is C10H10FN3O. The molecule has 0 spiro atoms. The molecule has 0 atom stereocenters. The molecule has 0 aliphatic heterocycles. The smallest absolute Gasteiger partial charge is 0.262 e. The van der Waals surface area contributed by atoms with Crippen LogP contribution in [0.1, 0.15) is 0 Å². The summed E-state index contributed by atoms with van der Waals surface area (Å²) >= 11 is 0. The lowest BCUT2D eigenvalue weighted by Gasteiger charge is -2.05. The van der Waals surface area contributed by atoms with Gasteiger partial charge in [-0.25, -0.2) is 9.37 Å². The fourth-order valence-corrected chi connectivity index (χ4v) is 1.44. The van der Waals surface area contributed by atoms with E-state index >= 15 is 0 Å². The second-order valence-electron chi connectivity index (χ2n) is 3.17. The lowest BCUT2D eigenvalue weighted by molar-refractivity contribution is 0.589. The number of halogens is 1. The minimum atomic E-state index is -0.471. The highest BCUT2D eigenvalue weighted by Crippen LogP contribution is 2.10. The number of hydrogen-bond donors (Lipinski definition) is 1. The van der Waals surface area contributed by atoms with Crippen molar-refractivity contribution in [2.45, 2.75) is 6.67 Å². The second kappa shape index (κ2) is 3.78. The summed E-state index contributed by atoms with van der Waals surface area (Å²) in [7, 11) is 1.72. The summed E-state index contributed by atoms with van der Waals surface area (Å²) in [5.41, 5.74) is -0.122. The van der Waals surface area contributed by atoms with Gasteiger partial charge in [-0.1, -0.05) is 6.07 Å². The fourth-order valence-electron chi connectivity index (χ4n) is 1.44. The van der Waals surface area contributed by atoms with Crippen molar-refractivity contribution in [3.05, 3.63) is 40.7 Å². The first kappa shape index (κ1) is 9.79. The third-order valence-electron chi connectivity index (χ3n) is 2.13. The Morgan fingerprint density at radius 2 is 2.33 bits per heavy atom. The monoisotopic (exact) mass is 207 g/mol. The third-order valence-corrected chi connectivity index (χ3v) is 2.13. The zero-order valence-corrected chi connectivity index (χ0v) is 8.20. The predicted octanol–water partition coefficient (Wildman–Crippen LogP) is 0.712. The van der Waals surface area contributed by atoms with Gasteiger partial charge in [0, 0.05) is 0 Å². The molecule has 0 saturated carbocycles. The van der Waals surface area contributed by atoms with E-state index in [-0.39, 0.29) is 11.1 Å². The van der Waals surface area contributed by atoms with Gasteiger partial charge in [0.15, 0.2) is 0 Å². The first-order valence-corrected chi connectivity index (χ1v) is 4.52. The van der Waals surface area contributed by atoms with Gasteiger partial charge in [-0.2, -0.15) is 0 Å². The highest BCUT2D eigenvalue weighted by Gasteiger charge is 2.06. The molecule has 0 fully saturated rings. The van der Waals surface area contributed by atoms with E-state index in [9.17, 15) is 9.18 Å². The second-order valence-corrected chi connectivity index (χ2v) is 3.17. The van der Waals surface area contributed by atoms with Crippen LogP contribution < -0.4 is 10.9 Å². The van der Waals surface area contributed by atoms with Gasteiger partial charge in [0.25, 0.3) is 5.56 Å². The summed E-state index contributed by atoms with van der Waals surface area (Å²) in [6.45, 7) is 0.359. The minimum absolute atomic E-state index is 0.120. The van der Waals surface area contributed by atoms with Crippen LogP contribution in [0.25, 0.3) is 10.9 Å². The van der Waals surface area contributed by atoms with Gasteiger partial charge >= 0.3 is 0 Å². The Morgan fingerprint density at radius 3 is 3.07 bits per heavy atom. The molecular weight excluding hydrogens is 197 g/mol. The summed E-state index contributed by atoms with van der Waals surface area (Å²) in [6.07, 6.45) is 1.34. The first-order chi connectivity index (χ1) is 7.24. The summed E-state index contributed by atoms with van der Waals surface area (Å²) in [5.74, 6) is -0.471. The van der Waals surface area contributed by atoms with E-state index in [1.165, 1.54) is 23.0 Å². The van der Waals surface area contributed by atoms with E-state index in [2.05, 4.69) is 10.3 Å². The highest BCUT2D eigenvalue weighted by molar-refractivity contribution is 5.77. The van der Waals surface area contributed by atoms with Gasteiger partial charge in [-0.3, -0.25) is 9.36 Å². The zero-order valence-electron chi connectivity index (χ0n) is 8.20. The highest BCUT2D eigenvalue weighted by atomic mass is 19.1. The maximum Gasteiger partial charge on any atom is 0.262 e. The van der Waals surface area contributed by atoms with E-state index in [4.69, 9.17) is 0 Å². The van der Waals surface area contributed by atoms with Crippen molar-refractivity contribution < 1.29 is 4.39 Å². The van der Waals surface area contributed by atoms with Gasteiger partial charge in [0.1, 0.15) is 11.3 Å². The van der Waals surface area contributed by atoms with Gasteiger partial charge in [-0.15, -0.1) is 0 Å². The molecule has 5 heteroatoms. The molecule has 0 unspecified atom stereocenters. The molecule has 2 rings (SSSR count). The molecule has 4 nitrogen and oxygen atoms in total. The third kappa shape index (κ3) is 1.61. The van der Waals surface area contributed by atoms with Crippen molar-refractivity contribution in [2.24, 2.45) is 0 Å². The Hall–Kier alpha value is -1.75. The molecule has 2 aromatic rings. The molecule has 0 aliphatic rings. The average Bonchev–Trinajstić information content (AvgIpc) is 2.23. The number of aromatic nitrogens is 2. The van der Waals surface area contributed by atoms with E-state index in [1.54, 1.807) is 13.1 Å². The molecule has 0 radical (unpaired) electrons. The number of rotatable bonds is 2. The van der Waals surface area contributed by atoms with Crippen LogP contribution in [0.15, 0.2) is 29.3 Å². The fraction of sp³-hybridized carbons (Fsp3) is 0.200. The summed E-state index contributed by atoms with van der Waals surface area (Å²) in [5, 5.41) is 3.13. The first-order valence-electron chi connectivity index (χ1n) is 4.52.